The Morgan fingerprint density at radius 3 is 3.04 bits per heavy atom. The van der Waals surface area contributed by atoms with Crippen molar-refractivity contribution in [2.24, 2.45) is 0 Å². The van der Waals surface area contributed by atoms with E-state index in [1.807, 2.05) is 0 Å². The van der Waals surface area contributed by atoms with E-state index in [0.29, 0.717) is 23.7 Å². The van der Waals surface area contributed by atoms with Crippen LogP contribution in [0.4, 0.5) is 0 Å². The third-order valence-corrected chi connectivity index (χ3v) is 3.38. The van der Waals surface area contributed by atoms with Crippen LogP contribution in [-0.4, -0.2) is 34.7 Å². The fourth-order valence-corrected chi connectivity index (χ4v) is 2.41. The summed E-state index contributed by atoms with van der Waals surface area (Å²) in [5, 5.41) is 10.0. The number of ether oxygens (including phenoxy) is 2. The molecule has 2 heterocycles. The molecule has 8 heteroatoms. The zero-order valence-corrected chi connectivity index (χ0v) is 12.5. The van der Waals surface area contributed by atoms with E-state index >= 15 is 0 Å². The van der Waals surface area contributed by atoms with Crippen molar-refractivity contribution < 1.29 is 23.9 Å². The van der Waals surface area contributed by atoms with Gasteiger partial charge >= 0.3 is 13.1 Å². The second kappa shape index (κ2) is 6.76. The molecule has 118 valence electrons. The van der Waals surface area contributed by atoms with E-state index in [1.54, 1.807) is 31.3 Å². The molecule has 0 amide bonds. The minimum Gasteiger partial charge on any atom is -0.466 e. The molecule has 3 rings (SSSR count). The van der Waals surface area contributed by atoms with Gasteiger partial charge in [-0.25, -0.2) is 4.98 Å². The van der Waals surface area contributed by atoms with Crippen molar-refractivity contribution >= 4 is 18.6 Å². The zero-order valence-electron chi connectivity index (χ0n) is 12.5. The molecule has 1 aliphatic rings. The summed E-state index contributed by atoms with van der Waals surface area (Å²) in [5.41, 5.74) is 1.32. The normalized spacial score (nSPS) is 16.1. The maximum Gasteiger partial charge on any atom is 0.492 e. The molecular weight excluding hydrogens is 299 g/mol. The molecule has 0 saturated heterocycles. The highest BCUT2D eigenvalue weighted by molar-refractivity contribution is 6.61. The Morgan fingerprint density at radius 2 is 2.30 bits per heavy atom. The molecule has 7 nitrogen and oxygen atoms in total. The molecule has 1 aromatic heterocycles. The van der Waals surface area contributed by atoms with Gasteiger partial charge in [0.2, 0.25) is 5.88 Å². The van der Waals surface area contributed by atoms with Crippen LogP contribution >= 0.6 is 0 Å². The molecule has 1 atom stereocenters. The molecule has 23 heavy (non-hydrogen) atoms. The molecule has 0 bridgehead atoms. The molecule has 0 saturated carbocycles. The van der Waals surface area contributed by atoms with Crippen molar-refractivity contribution in [2.45, 2.75) is 19.4 Å². The van der Waals surface area contributed by atoms with Gasteiger partial charge in [0, 0.05) is 12.4 Å². The van der Waals surface area contributed by atoms with E-state index in [9.17, 15) is 9.82 Å². The Morgan fingerprint density at radius 1 is 1.43 bits per heavy atom. The van der Waals surface area contributed by atoms with Gasteiger partial charge in [-0.15, -0.1) is 0 Å². The van der Waals surface area contributed by atoms with Gasteiger partial charge in [-0.2, -0.15) is 0 Å². The standard InChI is InChI=1S/C15H15BN2O5/c1-2-21-15(19)8-13-11-4-3-10(7-12(11)16(20)23-13)22-14-9-17-5-6-18-14/h3-7,9,13,20H,2,8H2,1H3. The number of hydrogen-bond donors (Lipinski definition) is 1. The highest BCUT2D eigenvalue weighted by Gasteiger charge is 2.36. The van der Waals surface area contributed by atoms with Crippen molar-refractivity contribution in [2.75, 3.05) is 6.61 Å². The second-order valence-electron chi connectivity index (χ2n) is 4.92. The monoisotopic (exact) mass is 314 g/mol. The largest absolute Gasteiger partial charge is 0.492 e. The number of hydrogen-bond acceptors (Lipinski definition) is 7. The average molecular weight is 314 g/mol. The van der Waals surface area contributed by atoms with Crippen molar-refractivity contribution in [3.05, 3.63) is 42.4 Å². The summed E-state index contributed by atoms with van der Waals surface area (Å²) in [6.07, 6.45) is 4.10. The molecule has 0 radical (unpaired) electrons. The van der Waals surface area contributed by atoms with Gasteiger partial charge < -0.3 is 19.2 Å². The topological polar surface area (TPSA) is 90.8 Å². The van der Waals surface area contributed by atoms with Crippen molar-refractivity contribution in [1.82, 2.24) is 9.97 Å². The SMILES string of the molecule is CCOC(=O)CC1OB(O)c2cc(Oc3cnccn3)ccc21. The fraction of sp³-hybridized carbons (Fsp3) is 0.267. The Labute approximate surface area is 133 Å². The van der Waals surface area contributed by atoms with Gasteiger partial charge in [0.1, 0.15) is 5.75 Å². The lowest BCUT2D eigenvalue weighted by atomic mass is 9.79. The van der Waals surface area contributed by atoms with E-state index < -0.39 is 13.2 Å². The lowest BCUT2D eigenvalue weighted by molar-refractivity contribution is -0.145. The van der Waals surface area contributed by atoms with Crippen molar-refractivity contribution in [3.63, 3.8) is 0 Å². The molecule has 2 aromatic rings. The summed E-state index contributed by atoms with van der Waals surface area (Å²) in [6, 6.07) is 5.16. The minimum absolute atomic E-state index is 0.0578. The van der Waals surface area contributed by atoms with E-state index in [4.69, 9.17) is 14.1 Å². The number of carbonyl (C=O) groups is 1. The Bertz CT molecular complexity index is 698. The van der Waals surface area contributed by atoms with Gasteiger partial charge in [0.15, 0.2) is 0 Å². The van der Waals surface area contributed by atoms with Crippen LogP contribution in [0.15, 0.2) is 36.8 Å². The number of nitrogens with zero attached hydrogens (tertiary/aromatic N) is 2. The Balaban J connectivity index is 1.77. The summed E-state index contributed by atoms with van der Waals surface area (Å²) in [4.78, 5) is 19.5. The smallest absolute Gasteiger partial charge is 0.466 e. The third-order valence-electron chi connectivity index (χ3n) is 3.38. The summed E-state index contributed by atoms with van der Waals surface area (Å²) < 4.78 is 15.9. The summed E-state index contributed by atoms with van der Waals surface area (Å²) in [6.45, 7) is 2.05. The first-order valence-electron chi connectivity index (χ1n) is 7.24. The van der Waals surface area contributed by atoms with E-state index in [0.717, 1.165) is 5.56 Å². The first-order chi connectivity index (χ1) is 11.2. The molecular formula is C15H15BN2O5. The van der Waals surface area contributed by atoms with Gasteiger partial charge in [-0.1, -0.05) is 6.07 Å². The molecule has 0 aliphatic carbocycles. The third kappa shape index (κ3) is 3.49. The van der Waals surface area contributed by atoms with Crippen LogP contribution in [0.25, 0.3) is 0 Å². The summed E-state index contributed by atoms with van der Waals surface area (Å²) in [5.74, 6) is 0.491. The number of fused-ring (bicyclic) bond motifs is 1. The maximum atomic E-state index is 11.6. The van der Waals surface area contributed by atoms with Crippen LogP contribution < -0.4 is 10.2 Å². The highest BCUT2D eigenvalue weighted by atomic mass is 16.5. The highest BCUT2D eigenvalue weighted by Crippen LogP contribution is 2.29. The summed E-state index contributed by atoms with van der Waals surface area (Å²) >= 11 is 0. The quantitative estimate of drug-likeness (QED) is 0.650. The van der Waals surface area contributed by atoms with E-state index in [2.05, 4.69) is 9.97 Å². The lowest BCUT2D eigenvalue weighted by Gasteiger charge is -2.11. The summed E-state index contributed by atoms with van der Waals surface area (Å²) in [7, 11) is -1.10. The number of benzene rings is 1. The Hall–Kier alpha value is -2.45. The van der Waals surface area contributed by atoms with Crippen LogP contribution in [0.3, 0.4) is 0 Å². The van der Waals surface area contributed by atoms with Gasteiger partial charge in [0.25, 0.3) is 0 Å². The zero-order chi connectivity index (χ0) is 16.2. The molecule has 1 aliphatic heterocycles. The molecule has 0 spiro atoms. The molecule has 1 unspecified atom stereocenters. The van der Waals surface area contributed by atoms with E-state index in [1.165, 1.54) is 12.4 Å². The van der Waals surface area contributed by atoms with Crippen LogP contribution in [0.2, 0.25) is 0 Å². The average Bonchev–Trinajstić information content (AvgIpc) is 2.84. The fourth-order valence-electron chi connectivity index (χ4n) is 2.41. The van der Waals surface area contributed by atoms with Gasteiger partial charge in [-0.05, 0) is 30.1 Å². The predicted octanol–water partition coefficient (Wildman–Crippen LogP) is 0.981. The maximum absolute atomic E-state index is 11.6. The van der Waals surface area contributed by atoms with Crippen LogP contribution in [-0.2, 0) is 14.2 Å². The minimum atomic E-state index is -1.10. The molecule has 0 fully saturated rings. The molecule has 1 N–H and O–H groups in total. The van der Waals surface area contributed by atoms with Crippen LogP contribution in [0.5, 0.6) is 11.6 Å². The number of rotatable bonds is 5. The molecule has 1 aromatic carbocycles. The van der Waals surface area contributed by atoms with Crippen LogP contribution in [0.1, 0.15) is 25.0 Å². The van der Waals surface area contributed by atoms with E-state index in [-0.39, 0.29) is 12.4 Å². The van der Waals surface area contributed by atoms with Crippen LogP contribution in [0, 0.1) is 0 Å². The predicted molar refractivity (Wildman–Crippen MR) is 81.2 cm³/mol. The van der Waals surface area contributed by atoms with Crippen molar-refractivity contribution in [1.29, 1.82) is 0 Å². The van der Waals surface area contributed by atoms with Gasteiger partial charge in [0.05, 0.1) is 25.3 Å². The number of aromatic nitrogens is 2. The first-order valence-corrected chi connectivity index (χ1v) is 7.24. The number of carbonyl (C=O) groups excluding carboxylic acids is 1. The second-order valence-corrected chi connectivity index (χ2v) is 4.92. The first kappa shape index (κ1) is 15.5. The lowest BCUT2D eigenvalue weighted by Crippen LogP contribution is -2.28. The van der Waals surface area contributed by atoms with Gasteiger partial charge in [-0.3, -0.25) is 9.78 Å². The Kier molecular flexibility index (Phi) is 4.54. The number of esters is 1. The van der Waals surface area contributed by atoms with Crippen molar-refractivity contribution in [3.8, 4) is 11.6 Å².